The fourth-order valence-electron chi connectivity index (χ4n) is 1.13. The first-order valence-electron chi connectivity index (χ1n) is 5.15. The van der Waals surface area contributed by atoms with Crippen molar-refractivity contribution in [2.75, 3.05) is 12.5 Å². The lowest BCUT2D eigenvalue weighted by Crippen LogP contribution is -1.87. The summed E-state index contributed by atoms with van der Waals surface area (Å²) in [5, 5.41) is 0. The highest BCUT2D eigenvalue weighted by Gasteiger charge is 2.00. The highest BCUT2D eigenvalue weighted by atomic mass is 32.2. The van der Waals surface area contributed by atoms with E-state index in [1.54, 1.807) is 47.0 Å². The fourth-order valence-corrected chi connectivity index (χ4v) is 3.74. The zero-order chi connectivity index (χ0) is 13.4. The summed E-state index contributed by atoms with van der Waals surface area (Å²) in [7, 11) is 0. The van der Waals surface area contributed by atoms with Crippen molar-refractivity contribution < 1.29 is 0 Å². The summed E-state index contributed by atoms with van der Waals surface area (Å²) in [5.74, 6) is 1.91. The van der Waals surface area contributed by atoms with Crippen LogP contribution in [0.2, 0.25) is 0 Å². The molecule has 0 N–H and O–H groups in total. The van der Waals surface area contributed by atoms with Crippen LogP contribution in [0.4, 0.5) is 0 Å². The standard InChI is InChI=1S/C12H14S6/c1-15-11(13)17-7-9-3-5-10(6-4-9)8-18-12(14)16-2/h3-6H,7-8H2,1-2H3. The third-order valence-corrected chi connectivity index (χ3v) is 7.58. The Morgan fingerprint density at radius 1 is 0.833 bits per heavy atom. The average Bonchev–Trinajstić information content (AvgIpc) is 2.43. The van der Waals surface area contributed by atoms with Gasteiger partial charge in [0.1, 0.15) is 7.06 Å². The lowest BCUT2D eigenvalue weighted by molar-refractivity contribution is 1.35. The molecule has 0 saturated carbocycles. The van der Waals surface area contributed by atoms with Crippen LogP contribution in [0.5, 0.6) is 0 Å². The second-order valence-electron chi connectivity index (χ2n) is 3.30. The minimum absolute atomic E-state index is 0.955. The predicted molar refractivity (Wildman–Crippen MR) is 101 cm³/mol. The summed E-state index contributed by atoms with van der Waals surface area (Å²) in [6.07, 6.45) is 4.04. The number of thioether (sulfide) groups is 4. The molecule has 0 amide bonds. The van der Waals surface area contributed by atoms with Crippen molar-refractivity contribution >= 4 is 78.5 Å². The Morgan fingerprint density at radius 3 is 1.44 bits per heavy atom. The smallest absolute Gasteiger partial charge is 0.104 e. The third-order valence-electron chi connectivity index (χ3n) is 2.07. The fraction of sp³-hybridized carbons (Fsp3) is 0.333. The lowest BCUT2D eigenvalue weighted by Gasteiger charge is -2.04. The van der Waals surface area contributed by atoms with Crippen LogP contribution in [0.25, 0.3) is 0 Å². The number of hydrogen-bond donors (Lipinski definition) is 0. The Bertz CT molecular complexity index is 359. The minimum atomic E-state index is 0.955. The molecule has 1 rings (SSSR count). The maximum atomic E-state index is 5.17. The Kier molecular flexibility index (Phi) is 9.05. The van der Waals surface area contributed by atoms with E-state index in [2.05, 4.69) is 24.3 Å². The van der Waals surface area contributed by atoms with Gasteiger partial charge in [0.25, 0.3) is 0 Å². The zero-order valence-corrected chi connectivity index (χ0v) is 15.1. The summed E-state index contributed by atoms with van der Waals surface area (Å²) >= 11 is 17.1. The Balaban J connectivity index is 2.42. The molecule has 0 fully saturated rings. The van der Waals surface area contributed by atoms with Gasteiger partial charge in [0, 0.05) is 11.5 Å². The van der Waals surface area contributed by atoms with E-state index in [0.717, 1.165) is 18.6 Å². The summed E-state index contributed by atoms with van der Waals surface area (Å²) < 4.78 is 2.00. The van der Waals surface area contributed by atoms with E-state index in [-0.39, 0.29) is 0 Å². The van der Waals surface area contributed by atoms with Gasteiger partial charge >= 0.3 is 0 Å². The maximum absolute atomic E-state index is 5.17. The van der Waals surface area contributed by atoms with Crippen LogP contribution in [0.1, 0.15) is 11.1 Å². The van der Waals surface area contributed by atoms with Crippen molar-refractivity contribution in [3.63, 3.8) is 0 Å². The topological polar surface area (TPSA) is 0 Å². The van der Waals surface area contributed by atoms with Crippen molar-refractivity contribution in [3.05, 3.63) is 35.4 Å². The third kappa shape index (κ3) is 6.82. The maximum Gasteiger partial charge on any atom is 0.104 e. The largest absolute Gasteiger partial charge is 0.111 e. The molecule has 18 heavy (non-hydrogen) atoms. The van der Waals surface area contributed by atoms with E-state index in [1.165, 1.54) is 11.1 Å². The van der Waals surface area contributed by atoms with Gasteiger partial charge in [-0.3, -0.25) is 0 Å². The molecule has 0 spiro atoms. The normalized spacial score (nSPS) is 10.3. The van der Waals surface area contributed by atoms with Gasteiger partial charge in [-0.05, 0) is 23.6 Å². The second-order valence-corrected chi connectivity index (χ2v) is 9.27. The van der Waals surface area contributed by atoms with Gasteiger partial charge in [0.05, 0.1) is 0 Å². The first-order valence-corrected chi connectivity index (χ1v) is 10.4. The Hall–Kier alpha value is 0.800. The number of benzene rings is 1. The van der Waals surface area contributed by atoms with Crippen LogP contribution in [-0.4, -0.2) is 19.6 Å². The first kappa shape index (κ1) is 16.9. The molecule has 0 aliphatic carbocycles. The highest BCUT2D eigenvalue weighted by molar-refractivity contribution is 8.47. The van der Waals surface area contributed by atoms with Crippen LogP contribution in [0.3, 0.4) is 0 Å². The molecule has 1 aromatic rings. The zero-order valence-electron chi connectivity index (χ0n) is 10.2. The molecule has 0 bridgehead atoms. The van der Waals surface area contributed by atoms with E-state index in [4.69, 9.17) is 24.4 Å². The summed E-state index contributed by atoms with van der Waals surface area (Å²) in [5.41, 5.74) is 2.63. The van der Waals surface area contributed by atoms with Crippen molar-refractivity contribution in [1.82, 2.24) is 0 Å². The molecule has 0 atom stereocenters. The van der Waals surface area contributed by atoms with Crippen LogP contribution in [-0.2, 0) is 11.5 Å². The molecule has 0 aliphatic heterocycles. The average molecular weight is 351 g/mol. The van der Waals surface area contributed by atoms with Crippen molar-refractivity contribution in [1.29, 1.82) is 0 Å². The van der Waals surface area contributed by atoms with Gasteiger partial charge in [-0.1, -0.05) is 48.7 Å². The molecule has 0 nitrogen and oxygen atoms in total. The van der Waals surface area contributed by atoms with E-state index >= 15 is 0 Å². The van der Waals surface area contributed by atoms with Gasteiger partial charge in [-0.25, -0.2) is 0 Å². The Labute approximate surface area is 137 Å². The van der Waals surface area contributed by atoms with Gasteiger partial charge in [0.2, 0.25) is 0 Å². The highest BCUT2D eigenvalue weighted by Crippen LogP contribution is 2.22. The number of rotatable bonds is 4. The molecule has 6 heteroatoms. The molecule has 98 valence electrons. The van der Waals surface area contributed by atoms with Gasteiger partial charge in [-0.15, -0.1) is 47.0 Å². The summed E-state index contributed by atoms with van der Waals surface area (Å²) in [4.78, 5) is 0. The van der Waals surface area contributed by atoms with Crippen LogP contribution >= 0.6 is 71.5 Å². The number of thiocarbonyl (C=S) groups is 2. The molecule has 0 aromatic heterocycles. The van der Waals surface area contributed by atoms with Crippen LogP contribution in [0, 0.1) is 0 Å². The minimum Gasteiger partial charge on any atom is -0.111 e. The van der Waals surface area contributed by atoms with E-state index in [1.807, 2.05) is 12.5 Å². The van der Waals surface area contributed by atoms with Crippen LogP contribution in [0.15, 0.2) is 24.3 Å². The van der Waals surface area contributed by atoms with Crippen molar-refractivity contribution in [3.8, 4) is 0 Å². The molecule has 0 heterocycles. The van der Waals surface area contributed by atoms with E-state index in [9.17, 15) is 0 Å². The monoisotopic (exact) mass is 350 g/mol. The second kappa shape index (κ2) is 9.66. The molecular formula is C12H14S6. The Morgan fingerprint density at radius 2 is 1.17 bits per heavy atom. The summed E-state index contributed by atoms with van der Waals surface area (Å²) in [6.45, 7) is 0. The van der Waals surface area contributed by atoms with E-state index < -0.39 is 0 Å². The molecule has 1 aromatic carbocycles. The van der Waals surface area contributed by atoms with Gasteiger partial charge in [0.15, 0.2) is 0 Å². The lowest BCUT2D eigenvalue weighted by atomic mass is 10.2. The first-order chi connectivity index (χ1) is 8.65. The molecule has 0 radical (unpaired) electrons. The quantitative estimate of drug-likeness (QED) is 0.658. The van der Waals surface area contributed by atoms with Crippen molar-refractivity contribution in [2.45, 2.75) is 11.5 Å². The molecule has 0 unspecified atom stereocenters. The van der Waals surface area contributed by atoms with Crippen molar-refractivity contribution in [2.24, 2.45) is 0 Å². The number of hydrogen-bond acceptors (Lipinski definition) is 6. The predicted octanol–water partition coefficient (Wildman–Crippen LogP) is 5.45. The molecule has 0 saturated heterocycles. The van der Waals surface area contributed by atoms with Crippen LogP contribution < -0.4 is 0 Å². The summed E-state index contributed by atoms with van der Waals surface area (Å²) in [6, 6.07) is 8.70. The van der Waals surface area contributed by atoms with Gasteiger partial charge in [-0.2, -0.15) is 0 Å². The SMILES string of the molecule is CSC(=S)SCc1ccc(CSC(=S)SC)cc1. The molecule has 0 aliphatic rings. The van der Waals surface area contributed by atoms with E-state index in [0.29, 0.717) is 0 Å². The molecular weight excluding hydrogens is 337 g/mol. The van der Waals surface area contributed by atoms with Gasteiger partial charge < -0.3 is 0 Å².